The summed E-state index contributed by atoms with van der Waals surface area (Å²) in [5.41, 5.74) is 2.71. The van der Waals surface area contributed by atoms with Gasteiger partial charge in [-0.1, -0.05) is 11.6 Å². The van der Waals surface area contributed by atoms with Crippen LogP contribution in [0.4, 0.5) is 10.2 Å². The van der Waals surface area contributed by atoms with E-state index in [1.54, 1.807) is 29.2 Å². The second kappa shape index (κ2) is 8.71. The molecule has 0 radical (unpaired) electrons. The Morgan fingerprint density at radius 2 is 2.09 bits per heavy atom. The maximum absolute atomic E-state index is 15.1. The fourth-order valence-electron chi connectivity index (χ4n) is 4.60. The highest BCUT2D eigenvalue weighted by Crippen LogP contribution is 2.31. The number of nitrogens with zero attached hydrogens (tertiary/aromatic N) is 6. The number of hydrogen-bond donors (Lipinski definition) is 0. The van der Waals surface area contributed by atoms with Crippen LogP contribution in [0.1, 0.15) is 22.9 Å². The standard InChI is InChI=1S/C24H22ClFN6O3/c1-30-10-14(9-27-30)20-11-31(5-7-35-20)21-12-32-23(28-19-13-34-6-4-17(19)24(32)33)22(29-21)16-3-2-15(25)8-18(16)26/h2-3,8-10,12,20H,4-7,11,13H2,1H3/t20-/m0/s1. The van der Waals surface area contributed by atoms with Crippen LogP contribution in [-0.4, -0.2) is 50.5 Å². The average Bonchev–Trinajstić information content (AvgIpc) is 3.30. The van der Waals surface area contributed by atoms with Crippen LogP contribution in [0.3, 0.4) is 0 Å². The number of aromatic nitrogens is 5. The molecule has 1 saturated heterocycles. The average molecular weight is 497 g/mol. The van der Waals surface area contributed by atoms with E-state index in [4.69, 9.17) is 26.1 Å². The first-order valence-corrected chi connectivity index (χ1v) is 11.7. The fourth-order valence-corrected chi connectivity index (χ4v) is 4.76. The van der Waals surface area contributed by atoms with Gasteiger partial charge >= 0.3 is 0 Å². The van der Waals surface area contributed by atoms with Gasteiger partial charge in [0.25, 0.3) is 5.56 Å². The van der Waals surface area contributed by atoms with Crippen molar-refractivity contribution >= 4 is 23.1 Å². The second-order valence-corrected chi connectivity index (χ2v) is 9.10. The lowest BCUT2D eigenvalue weighted by Crippen LogP contribution is -2.39. The van der Waals surface area contributed by atoms with Crippen molar-refractivity contribution in [3.8, 4) is 11.3 Å². The molecule has 0 saturated carbocycles. The van der Waals surface area contributed by atoms with E-state index in [1.807, 2.05) is 18.1 Å². The number of hydrogen-bond acceptors (Lipinski definition) is 7. The first-order valence-electron chi connectivity index (χ1n) is 11.3. The minimum Gasteiger partial charge on any atom is -0.375 e. The minimum absolute atomic E-state index is 0.190. The molecule has 1 aromatic carbocycles. The van der Waals surface area contributed by atoms with Gasteiger partial charge in [-0.2, -0.15) is 5.10 Å². The number of fused-ring (bicyclic) bond motifs is 2. The summed E-state index contributed by atoms with van der Waals surface area (Å²) in [6, 6.07) is 4.38. The minimum atomic E-state index is -0.539. The van der Waals surface area contributed by atoms with Gasteiger partial charge < -0.3 is 14.4 Å². The Hall–Kier alpha value is -3.34. The maximum atomic E-state index is 15.1. The van der Waals surface area contributed by atoms with Crippen LogP contribution in [0.2, 0.25) is 5.02 Å². The van der Waals surface area contributed by atoms with Crippen LogP contribution >= 0.6 is 11.6 Å². The molecule has 4 aromatic rings. The van der Waals surface area contributed by atoms with Gasteiger partial charge in [0.2, 0.25) is 0 Å². The molecule has 0 aliphatic carbocycles. The van der Waals surface area contributed by atoms with Crippen molar-refractivity contribution in [2.24, 2.45) is 7.05 Å². The number of benzene rings is 1. The zero-order valence-electron chi connectivity index (χ0n) is 18.9. The third-order valence-corrected chi connectivity index (χ3v) is 6.62. The molecule has 5 heterocycles. The van der Waals surface area contributed by atoms with Gasteiger partial charge in [-0.05, 0) is 18.2 Å². The quantitative estimate of drug-likeness (QED) is 0.431. The highest BCUT2D eigenvalue weighted by Gasteiger charge is 2.27. The predicted molar refractivity (Wildman–Crippen MR) is 127 cm³/mol. The van der Waals surface area contributed by atoms with E-state index < -0.39 is 5.82 Å². The summed E-state index contributed by atoms with van der Waals surface area (Å²) in [6.07, 6.45) is 5.65. The molecule has 2 aliphatic rings. The summed E-state index contributed by atoms with van der Waals surface area (Å²) >= 11 is 6.00. The van der Waals surface area contributed by atoms with Crippen molar-refractivity contribution in [3.05, 3.63) is 74.8 Å². The number of anilines is 1. The van der Waals surface area contributed by atoms with Crippen molar-refractivity contribution in [1.82, 2.24) is 24.1 Å². The van der Waals surface area contributed by atoms with Crippen molar-refractivity contribution < 1.29 is 13.9 Å². The van der Waals surface area contributed by atoms with Crippen LogP contribution in [0.25, 0.3) is 16.9 Å². The Balaban J connectivity index is 1.52. The van der Waals surface area contributed by atoms with Crippen molar-refractivity contribution in [1.29, 1.82) is 0 Å². The first kappa shape index (κ1) is 22.1. The Morgan fingerprint density at radius 1 is 1.20 bits per heavy atom. The summed E-state index contributed by atoms with van der Waals surface area (Å²) in [4.78, 5) is 25.0. The summed E-state index contributed by atoms with van der Waals surface area (Å²) in [7, 11) is 1.85. The molecule has 11 heteroatoms. The number of halogens is 2. The lowest BCUT2D eigenvalue weighted by molar-refractivity contribution is 0.0394. The molecular weight excluding hydrogens is 475 g/mol. The summed E-state index contributed by atoms with van der Waals surface area (Å²) in [6.45, 7) is 2.25. The summed E-state index contributed by atoms with van der Waals surface area (Å²) in [5.74, 6) is -0.00238. The number of rotatable bonds is 3. The van der Waals surface area contributed by atoms with Gasteiger partial charge in [-0.3, -0.25) is 13.9 Å². The van der Waals surface area contributed by atoms with E-state index in [-0.39, 0.29) is 40.2 Å². The Bertz CT molecular complexity index is 1500. The van der Waals surface area contributed by atoms with E-state index in [0.29, 0.717) is 49.8 Å². The molecule has 2 aliphatic heterocycles. The van der Waals surface area contributed by atoms with Crippen molar-refractivity contribution in [3.63, 3.8) is 0 Å². The molecule has 35 heavy (non-hydrogen) atoms. The van der Waals surface area contributed by atoms with Gasteiger partial charge in [0.1, 0.15) is 23.4 Å². The molecule has 0 bridgehead atoms. The molecular formula is C24H22ClFN6O3. The normalized spacial score (nSPS) is 18.1. The van der Waals surface area contributed by atoms with Crippen molar-refractivity contribution in [2.45, 2.75) is 19.1 Å². The maximum Gasteiger partial charge on any atom is 0.261 e. The lowest BCUT2D eigenvalue weighted by Gasteiger charge is -2.33. The molecule has 0 N–H and O–H groups in total. The summed E-state index contributed by atoms with van der Waals surface area (Å²) < 4.78 is 29.7. The SMILES string of the molecule is Cn1cc([C@@H]2CN(c3cn4c(=O)c5c(nc4c(-c4ccc(Cl)cc4F)n3)COCC5)CCO2)cn1. The number of morpholine rings is 1. The topological polar surface area (TPSA) is 86.8 Å². The molecule has 0 unspecified atom stereocenters. The van der Waals surface area contributed by atoms with Gasteiger partial charge in [-0.25, -0.2) is 14.4 Å². The molecule has 180 valence electrons. The van der Waals surface area contributed by atoms with E-state index >= 15 is 4.39 Å². The summed E-state index contributed by atoms with van der Waals surface area (Å²) in [5, 5.41) is 4.51. The number of ether oxygens (including phenoxy) is 2. The highest BCUT2D eigenvalue weighted by molar-refractivity contribution is 6.30. The Labute approximate surface area is 204 Å². The molecule has 0 spiro atoms. The largest absolute Gasteiger partial charge is 0.375 e. The van der Waals surface area contributed by atoms with Gasteiger partial charge in [0, 0.05) is 47.9 Å². The van der Waals surface area contributed by atoms with Gasteiger partial charge in [0.05, 0.1) is 44.5 Å². The van der Waals surface area contributed by atoms with Crippen LogP contribution < -0.4 is 10.5 Å². The van der Waals surface area contributed by atoms with E-state index in [0.717, 1.165) is 5.56 Å². The third-order valence-electron chi connectivity index (χ3n) is 6.39. The van der Waals surface area contributed by atoms with Crippen LogP contribution in [0.5, 0.6) is 0 Å². The molecule has 9 nitrogen and oxygen atoms in total. The van der Waals surface area contributed by atoms with Gasteiger partial charge in [-0.15, -0.1) is 0 Å². The monoisotopic (exact) mass is 496 g/mol. The molecule has 6 rings (SSSR count). The zero-order valence-corrected chi connectivity index (χ0v) is 19.7. The smallest absolute Gasteiger partial charge is 0.261 e. The fraction of sp³-hybridized carbons (Fsp3) is 0.333. The lowest BCUT2D eigenvalue weighted by atomic mass is 10.1. The van der Waals surface area contributed by atoms with Crippen LogP contribution in [0, 0.1) is 5.82 Å². The van der Waals surface area contributed by atoms with Crippen molar-refractivity contribution in [2.75, 3.05) is 31.2 Å². The van der Waals surface area contributed by atoms with Gasteiger partial charge in [0.15, 0.2) is 5.65 Å². The molecule has 0 amide bonds. The predicted octanol–water partition coefficient (Wildman–Crippen LogP) is 2.93. The van der Waals surface area contributed by atoms with E-state index in [9.17, 15) is 4.79 Å². The first-order chi connectivity index (χ1) is 17.0. The van der Waals surface area contributed by atoms with E-state index in [1.165, 1.54) is 10.5 Å². The van der Waals surface area contributed by atoms with Crippen LogP contribution in [0.15, 0.2) is 41.6 Å². The third kappa shape index (κ3) is 3.97. The van der Waals surface area contributed by atoms with E-state index in [2.05, 4.69) is 10.1 Å². The molecule has 1 atom stereocenters. The Kier molecular flexibility index (Phi) is 5.51. The molecule has 1 fully saturated rings. The second-order valence-electron chi connectivity index (χ2n) is 8.66. The van der Waals surface area contributed by atoms with Crippen LogP contribution in [-0.2, 0) is 29.5 Å². The number of aryl methyl sites for hydroxylation is 1. The molecule has 3 aromatic heterocycles. The highest BCUT2D eigenvalue weighted by atomic mass is 35.5. The Morgan fingerprint density at radius 3 is 2.89 bits per heavy atom. The zero-order chi connectivity index (χ0) is 24.1.